The molecule has 4 aromatic rings. The Morgan fingerprint density at radius 1 is 1.26 bits per heavy atom. The number of ether oxygens (including phenoxy) is 1. The molecule has 5 heterocycles. The topological polar surface area (TPSA) is 141 Å². The number of hydrogen-bond donors (Lipinski definition) is 3. The van der Waals surface area contributed by atoms with Gasteiger partial charge in [0.2, 0.25) is 0 Å². The molecule has 0 bridgehead atoms. The van der Waals surface area contributed by atoms with E-state index < -0.39 is 0 Å². The van der Waals surface area contributed by atoms with Crippen molar-refractivity contribution in [1.82, 2.24) is 29.6 Å². The number of fused-ring (bicyclic) bond motifs is 2. The van der Waals surface area contributed by atoms with E-state index in [1.54, 1.807) is 44.4 Å². The third-order valence-corrected chi connectivity index (χ3v) is 6.58. The average molecular weight is 476 g/mol. The molecular weight excluding hydrogens is 452 g/mol. The molecule has 12 nitrogen and oxygen atoms in total. The molecule has 1 aliphatic heterocycles. The Morgan fingerprint density at radius 3 is 2.91 bits per heavy atom. The Bertz CT molecular complexity index is 1490. The zero-order valence-electron chi connectivity index (χ0n) is 19.2. The average Bonchev–Trinajstić information content (AvgIpc) is 3.56. The Morgan fingerprint density at radius 2 is 2.14 bits per heavy atom. The summed E-state index contributed by atoms with van der Waals surface area (Å²) in [5.74, 6) is 1.60. The minimum Gasteiger partial charge on any atom is -0.385 e. The lowest BCUT2D eigenvalue weighted by molar-refractivity contribution is -0.000686. The molecule has 180 valence electrons. The first-order chi connectivity index (χ1) is 17.0. The van der Waals surface area contributed by atoms with Crippen LogP contribution in [0.25, 0.3) is 11.5 Å². The number of carbonyl (C=O) groups is 1. The summed E-state index contributed by atoms with van der Waals surface area (Å²) >= 11 is 0. The summed E-state index contributed by atoms with van der Waals surface area (Å²) < 4.78 is 13.7. The quantitative estimate of drug-likeness (QED) is 0.380. The third kappa shape index (κ3) is 3.62. The van der Waals surface area contributed by atoms with Crippen LogP contribution in [0.2, 0.25) is 0 Å². The van der Waals surface area contributed by atoms with Crippen LogP contribution < -0.4 is 21.5 Å². The van der Waals surface area contributed by atoms with Crippen LogP contribution in [0.3, 0.4) is 0 Å². The predicted molar refractivity (Wildman–Crippen MR) is 126 cm³/mol. The molecule has 0 unspecified atom stereocenters. The van der Waals surface area contributed by atoms with E-state index in [0.29, 0.717) is 40.3 Å². The van der Waals surface area contributed by atoms with Crippen LogP contribution >= 0.6 is 0 Å². The smallest absolute Gasteiger partial charge is 0.280 e. The highest BCUT2D eigenvalue weighted by molar-refractivity contribution is 5.94. The molecule has 1 amide bonds. The Balaban J connectivity index is 1.31. The molecule has 0 aromatic carbocycles. The minimum absolute atomic E-state index is 0.00594. The normalized spacial score (nSPS) is 20.9. The summed E-state index contributed by atoms with van der Waals surface area (Å²) in [6.45, 7) is 2.50. The summed E-state index contributed by atoms with van der Waals surface area (Å²) in [5.41, 5.74) is 1.40. The molecule has 1 aliphatic carbocycles. The number of rotatable bonds is 6. The molecule has 12 heteroatoms. The summed E-state index contributed by atoms with van der Waals surface area (Å²) in [6.07, 6.45) is 5.16. The largest absolute Gasteiger partial charge is 0.385 e. The van der Waals surface area contributed by atoms with Gasteiger partial charge >= 0.3 is 0 Å². The van der Waals surface area contributed by atoms with Crippen LogP contribution in [0.15, 0.2) is 46.0 Å². The maximum Gasteiger partial charge on any atom is 0.280 e. The first kappa shape index (κ1) is 21.4. The zero-order chi connectivity index (χ0) is 24.1. The van der Waals surface area contributed by atoms with E-state index in [4.69, 9.17) is 9.26 Å². The van der Waals surface area contributed by atoms with Gasteiger partial charge in [0.15, 0.2) is 23.0 Å². The van der Waals surface area contributed by atoms with Crippen LogP contribution in [-0.4, -0.2) is 56.0 Å². The molecule has 0 radical (unpaired) electrons. The fourth-order valence-electron chi connectivity index (χ4n) is 4.74. The van der Waals surface area contributed by atoms with Crippen LogP contribution in [0.1, 0.15) is 29.1 Å². The second-order valence-corrected chi connectivity index (χ2v) is 8.79. The second kappa shape index (κ2) is 8.24. The van der Waals surface area contributed by atoms with Gasteiger partial charge < -0.3 is 25.2 Å². The molecule has 4 aromatic heterocycles. The van der Waals surface area contributed by atoms with Crippen molar-refractivity contribution in [2.75, 3.05) is 24.3 Å². The van der Waals surface area contributed by atoms with E-state index >= 15 is 0 Å². The molecule has 1 saturated heterocycles. The van der Waals surface area contributed by atoms with Gasteiger partial charge in [-0.3, -0.25) is 14.2 Å². The second-order valence-electron chi connectivity index (χ2n) is 8.79. The fourth-order valence-corrected chi connectivity index (χ4v) is 4.74. The summed E-state index contributed by atoms with van der Waals surface area (Å²) in [5, 5.41) is 17.7. The number of imidazole rings is 1. The van der Waals surface area contributed by atoms with Crippen molar-refractivity contribution in [3.05, 3.63) is 58.5 Å². The van der Waals surface area contributed by atoms with Gasteiger partial charge in [-0.2, -0.15) is 0 Å². The van der Waals surface area contributed by atoms with Gasteiger partial charge in [0.1, 0.15) is 11.4 Å². The van der Waals surface area contributed by atoms with Gasteiger partial charge in [-0.1, -0.05) is 5.16 Å². The van der Waals surface area contributed by atoms with Crippen molar-refractivity contribution in [3.63, 3.8) is 0 Å². The van der Waals surface area contributed by atoms with E-state index in [1.165, 1.54) is 15.3 Å². The van der Waals surface area contributed by atoms with Crippen molar-refractivity contribution < 1.29 is 14.1 Å². The van der Waals surface area contributed by atoms with Gasteiger partial charge in [0, 0.05) is 32.0 Å². The number of carbonyl (C=O) groups excluding carboxylic acids is 1. The molecular formula is C23H24N8O4. The Labute approximate surface area is 199 Å². The summed E-state index contributed by atoms with van der Waals surface area (Å²) in [6, 6.07) is 6.76. The lowest BCUT2D eigenvalue weighted by atomic mass is 9.77. The maximum absolute atomic E-state index is 13.1. The number of pyridine rings is 1. The first-order valence-electron chi connectivity index (χ1n) is 11.4. The highest BCUT2D eigenvalue weighted by Crippen LogP contribution is 2.38. The van der Waals surface area contributed by atoms with Gasteiger partial charge in [0.25, 0.3) is 11.5 Å². The Hall–Kier alpha value is -4.19. The van der Waals surface area contributed by atoms with E-state index in [0.717, 1.165) is 19.4 Å². The number of nitrogens with one attached hydrogen (secondary N) is 3. The molecule has 35 heavy (non-hydrogen) atoms. The van der Waals surface area contributed by atoms with Crippen molar-refractivity contribution >= 4 is 28.7 Å². The van der Waals surface area contributed by atoms with E-state index in [1.807, 2.05) is 0 Å². The summed E-state index contributed by atoms with van der Waals surface area (Å²) in [7, 11) is 1.75. The number of aryl methyl sites for hydroxylation is 1. The van der Waals surface area contributed by atoms with Gasteiger partial charge in [-0.25, -0.2) is 9.50 Å². The van der Waals surface area contributed by atoms with Gasteiger partial charge in [0.05, 0.1) is 24.0 Å². The number of aromatic nitrogens is 5. The molecule has 3 atom stereocenters. The minimum atomic E-state index is -0.326. The monoisotopic (exact) mass is 476 g/mol. The first-order valence-corrected chi connectivity index (χ1v) is 11.4. The number of anilines is 3. The van der Waals surface area contributed by atoms with Crippen LogP contribution in [0.4, 0.5) is 17.2 Å². The van der Waals surface area contributed by atoms with Crippen molar-refractivity contribution in [2.45, 2.75) is 31.9 Å². The van der Waals surface area contributed by atoms with Crippen LogP contribution in [0, 0.1) is 12.8 Å². The maximum atomic E-state index is 13.1. The SMILES string of the molecule is CNc1cc(Nc2cccn(-c3cc(C)on3)c2=O)nn2c(C(=O)N[C@@H]3C[C@H]4CCO[C@H]43)cnc12. The van der Waals surface area contributed by atoms with E-state index in [9.17, 15) is 9.59 Å². The zero-order valence-corrected chi connectivity index (χ0v) is 19.2. The van der Waals surface area contributed by atoms with Crippen molar-refractivity contribution in [2.24, 2.45) is 5.92 Å². The van der Waals surface area contributed by atoms with Crippen molar-refractivity contribution in [1.29, 1.82) is 0 Å². The van der Waals surface area contributed by atoms with Gasteiger partial charge in [-0.15, -0.1) is 5.10 Å². The fraction of sp³-hybridized carbons (Fsp3) is 0.348. The predicted octanol–water partition coefficient (Wildman–Crippen LogP) is 1.87. The lowest BCUT2D eigenvalue weighted by Gasteiger charge is -2.39. The highest BCUT2D eigenvalue weighted by Gasteiger charge is 2.46. The molecule has 1 saturated carbocycles. The number of amides is 1. The highest BCUT2D eigenvalue weighted by atomic mass is 16.5. The molecule has 2 aliphatic rings. The lowest BCUT2D eigenvalue weighted by Crippen LogP contribution is -2.54. The van der Waals surface area contributed by atoms with E-state index in [2.05, 4.69) is 31.2 Å². The van der Waals surface area contributed by atoms with Gasteiger partial charge in [-0.05, 0) is 37.8 Å². The standard InChI is InChI=1S/C23H24N8O4/c1-12-8-19(29-35-12)30-6-3-4-14(23(30)33)26-18-10-16(24-2)21-25-11-17(31(21)28-18)22(32)27-15-9-13-5-7-34-20(13)15/h3-4,6,8,10-11,13,15,20,24H,5,7,9H2,1-2H3,(H,26,28)(H,27,32)/t13-,15-,20-/m1/s1. The third-order valence-electron chi connectivity index (χ3n) is 6.58. The van der Waals surface area contributed by atoms with Crippen LogP contribution in [0.5, 0.6) is 0 Å². The molecule has 6 rings (SSSR count). The van der Waals surface area contributed by atoms with Crippen LogP contribution in [-0.2, 0) is 4.74 Å². The molecule has 3 N–H and O–H groups in total. The molecule has 0 spiro atoms. The number of nitrogens with zero attached hydrogens (tertiary/aromatic N) is 5. The molecule has 2 fully saturated rings. The number of hydrogen-bond acceptors (Lipinski definition) is 9. The Kier molecular flexibility index (Phi) is 5.02. The van der Waals surface area contributed by atoms with Crippen molar-refractivity contribution in [3.8, 4) is 5.82 Å². The summed E-state index contributed by atoms with van der Waals surface area (Å²) in [4.78, 5) is 30.5. The van der Waals surface area contributed by atoms with E-state index in [-0.39, 0.29) is 29.3 Å².